The molecule has 0 bridgehead atoms. The first kappa shape index (κ1) is 35.5. The Morgan fingerprint density at radius 3 is 1.14 bits per heavy atom. The van der Waals surface area contributed by atoms with Crippen LogP contribution in [0.15, 0.2) is 36.4 Å². The zero-order chi connectivity index (χ0) is 33.5. The van der Waals surface area contributed by atoms with Crippen molar-refractivity contribution in [3.8, 4) is 17.2 Å². The molecule has 0 aliphatic rings. The van der Waals surface area contributed by atoms with E-state index >= 15 is 0 Å². The Morgan fingerprint density at radius 2 is 0.841 bits per heavy atom. The number of hydrogen-bond acceptors (Lipinski definition) is 3. The standard InChI is InChI=1S/C41H60O3/c1-15-17-28(29-21-32(39(6,7)8)35(42)18-24(29)3)27(16-2)38(30-22-33(40(9,10)11)36(43)19-25(30)4)31-23-34(41(12,13)14)37(44)20-26(31)5/h18-23,27-28,38,42-44H,15-17H2,1-14H3. The Balaban J connectivity index is 2.48. The Kier molecular flexibility index (Phi) is 10.4. The number of aromatic hydroxyl groups is 3. The van der Waals surface area contributed by atoms with Crippen molar-refractivity contribution < 1.29 is 15.3 Å². The smallest absolute Gasteiger partial charge is 0.119 e. The molecule has 0 fully saturated rings. The Hall–Kier alpha value is -2.94. The van der Waals surface area contributed by atoms with E-state index in [-0.39, 0.29) is 34.0 Å². The number of phenols is 3. The molecule has 0 radical (unpaired) electrons. The molecule has 0 amide bonds. The molecule has 0 aromatic heterocycles. The Morgan fingerprint density at radius 1 is 0.523 bits per heavy atom. The van der Waals surface area contributed by atoms with E-state index in [0.717, 1.165) is 52.6 Å². The van der Waals surface area contributed by atoms with Crippen LogP contribution in [0.3, 0.4) is 0 Å². The number of rotatable bonds is 8. The molecule has 3 rings (SSSR count). The zero-order valence-corrected chi connectivity index (χ0v) is 30.2. The SMILES string of the molecule is CCCC(c1cc(C(C)(C)C)c(O)cc1C)C(CC)C(c1cc(C(C)(C)C)c(O)cc1C)c1cc(C(C)(C)C)c(O)cc1C. The van der Waals surface area contributed by atoms with Gasteiger partial charge in [0, 0.05) is 5.92 Å². The summed E-state index contributed by atoms with van der Waals surface area (Å²) in [5.74, 6) is 1.57. The van der Waals surface area contributed by atoms with E-state index in [1.54, 1.807) is 0 Å². The molecule has 0 saturated heterocycles. The summed E-state index contributed by atoms with van der Waals surface area (Å²) < 4.78 is 0. The number of hydrogen-bond donors (Lipinski definition) is 3. The van der Waals surface area contributed by atoms with Gasteiger partial charge in [0.05, 0.1) is 0 Å². The molecule has 242 valence electrons. The van der Waals surface area contributed by atoms with Crippen LogP contribution in [0, 0.1) is 26.7 Å². The van der Waals surface area contributed by atoms with Crippen LogP contribution in [-0.4, -0.2) is 15.3 Å². The highest BCUT2D eigenvalue weighted by molar-refractivity contribution is 5.54. The highest BCUT2D eigenvalue weighted by atomic mass is 16.3. The fourth-order valence-corrected chi connectivity index (χ4v) is 7.29. The van der Waals surface area contributed by atoms with Gasteiger partial charge in [-0.15, -0.1) is 0 Å². The highest BCUT2D eigenvalue weighted by Crippen LogP contribution is 2.50. The van der Waals surface area contributed by atoms with Crippen molar-refractivity contribution in [3.63, 3.8) is 0 Å². The molecule has 44 heavy (non-hydrogen) atoms. The summed E-state index contributed by atoms with van der Waals surface area (Å²) >= 11 is 0. The van der Waals surface area contributed by atoms with E-state index in [1.807, 2.05) is 18.2 Å². The van der Waals surface area contributed by atoms with E-state index in [2.05, 4.69) is 115 Å². The second-order valence-electron chi connectivity index (χ2n) is 16.4. The molecule has 2 atom stereocenters. The second kappa shape index (κ2) is 12.8. The lowest BCUT2D eigenvalue weighted by Gasteiger charge is -2.38. The summed E-state index contributed by atoms with van der Waals surface area (Å²) in [5.41, 5.74) is 9.33. The molecular formula is C41H60O3. The third-order valence-electron chi connectivity index (χ3n) is 9.66. The largest absolute Gasteiger partial charge is 0.508 e. The fourth-order valence-electron chi connectivity index (χ4n) is 7.29. The lowest BCUT2D eigenvalue weighted by Crippen LogP contribution is -2.25. The van der Waals surface area contributed by atoms with E-state index in [1.165, 1.54) is 16.7 Å². The molecule has 2 unspecified atom stereocenters. The van der Waals surface area contributed by atoms with Crippen molar-refractivity contribution in [1.82, 2.24) is 0 Å². The maximum absolute atomic E-state index is 11.1. The number of benzene rings is 3. The summed E-state index contributed by atoms with van der Waals surface area (Å²) in [4.78, 5) is 0. The van der Waals surface area contributed by atoms with Crippen LogP contribution in [0.4, 0.5) is 0 Å². The molecule has 0 heterocycles. The topological polar surface area (TPSA) is 60.7 Å². The third-order valence-corrected chi connectivity index (χ3v) is 9.66. The molecule has 0 spiro atoms. The molecule has 0 saturated carbocycles. The Labute approximate surface area is 268 Å². The van der Waals surface area contributed by atoms with Crippen molar-refractivity contribution in [1.29, 1.82) is 0 Å². The Bertz CT molecular complexity index is 1400. The molecular weight excluding hydrogens is 540 g/mol. The van der Waals surface area contributed by atoms with E-state index in [9.17, 15) is 15.3 Å². The highest BCUT2D eigenvalue weighted by Gasteiger charge is 2.36. The van der Waals surface area contributed by atoms with E-state index < -0.39 is 0 Å². The monoisotopic (exact) mass is 600 g/mol. The predicted molar refractivity (Wildman–Crippen MR) is 188 cm³/mol. The van der Waals surface area contributed by atoms with Gasteiger partial charge in [-0.2, -0.15) is 0 Å². The first-order valence-corrected chi connectivity index (χ1v) is 16.6. The summed E-state index contributed by atoms with van der Waals surface area (Å²) in [7, 11) is 0. The van der Waals surface area contributed by atoms with Crippen LogP contribution in [0.2, 0.25) is 0 Å². The molecule has 0 aliphatic heterocycles. The minimum Gasteiger partial charge on any atom is -0.508 e. The lowest BCUT2D eigenvalue weighted by atomic mass is 9.66. The number of phenolic OH excluding ortho intramolecular Hbond substituents is 3. The van der Waals surface area contributed by atoms with Crippen molar-refractivity contribution in [3.05, 3.63) is 86.5 Å². The molecule has 3 N–H and O–H groups in total. The molecule has 3 aromatic rings. The minimum absolute atomic E-state index is 0.0336. The third kappa shape index (κ3) is 7.30. The zero-order valence-electron chi connectivity index (χ0n) is 30.2. The lowest BCUT2D eigenvalue weighted by molar-refractivity contribution is 0.345. The van der Waals surface area contributed by atoms with Crippen LogP contribution < -0.4 is 0 Å². The van der Waals surface area contributed by atoms with Crippen molar-refractivity contribution >= 4 is 0 Å². The predicted octanol–water partition coefficient (Wildman–Crippen LogP) is 11.4. The van der Waals surface area contributed by atoms with E-state index in [4.69, 9.17) is 0 Å². The quantitative estimate of drug-likeness (QED) is 0.241. The maximum atomic E-state index is 11.1. The fraction of sp³-hybridized carbons (Fsp3) is 0.561. The minimum atomic E-state index is -0.225. The number of aryl methyl sites for hydroxylation is 3. The first-order valence-electron chi connectivity index (χ1n) is 16.6. The van der Waals surface area contributed by atoms with Gasteiger partial charge in [0.1, 0.15) is 17.2 Å². The summed E-state index contributed by atoms with van der Waals surface area (Å²) in [5, 5.41) is 33.3. The van der Waals surface area contributed by atoms with Gasteiger partial charge < -0.3 is 15.3 Å². The van der Waals surface area contributed by atoms with Crippen LogP contribution >= 0.6 is 0 Å². The van der Waals surface area contributed by atoms with Crippen LogP contribution in [0.1, 0.15) is 157 Å². The molecule has 3 nitrogen and oxygen atoms in total. The summed E-state index contributed by atoms with van der Waals surface area (Å²) in [6.07, 6.45) is 3.02. The van der Waals surface area contributed by atoms with Gasteiger partial charge in [-0.25, -0.2) is 0 Å². The van der Waals surface area contributed by atoms with E-state index in [0.29, 0.717) is 17.2 Å². The van der Waals surface area contributed by atoms with Gasteiger partial charge in [-0.1, -0.05) is 107 Å². The van der Waals surface area contributed by atoms with Gasteiger partial charge >= 0.3 is 0 Å². The van der Waals surface area contributed by atoms with Gasteiger partial charge in [0.2, 0.25) is 0 Å². The average Bonchev–Trinajstić information content (AvgIpc) is 2.85. The van der Waals surface area contributed by atoms with Gasteiger partial charge in [0.25, 0.3) is 0 Å². The van der Waals surface area contributed by atoms with Gasteiger partial charge in [-0.05, 0) is 124 Å². The van der Waals surface area contributed by atoms with Gasteiger partial charge in [0.15, 0.2) is 0 Å². The van der Waals surface area contributed by atoms with Crippen molar-refractivity contribution in [2.45, 2.75) is 144 Å². The van der Waals surface area contributed by atoms with Crippen LogP contribution in [0.25, 0.3) is 0 Å². The molecule has 3 heteroatoms. The average molecular weight is 601 g/mol. The van der Waals surface area contributed by atoms with Crippen molar-refractivity contribution in [2.75, 3.05) is 0 Å². The van der Waals surface area contributed by atoms with Crippen LogP contribution in [-0.2, 0) is 16.2 Å². The normalized spacial score (nSPS) is 14.2. The summed E-state index contributed by atoms with van der Waals surface area (Å²) in [6.45, 7) is 30.4. The summed E-state index contributed by atoms with van der Waals surface area (Å²) in [6, 6.07) is 12.7. The van der Waals surface area contributed by atoms with Crippen LogP contribution in [0.5, 0.6) is 17.2 Å². The van der Waals surface area contributed by atoms with Crippen molar-refractivity contribution in [2.24, 2.45) is 5.92 Å². The maximum Gasteiger partial charge on any atom is 0.119 e. The second-order valence-corrected chi connectivity index (χ2v) is 16.4. The molecule has 3 aromatic carbocycles. The van der Waals surface area contributed by atoms with Gasteiger partial charge in [-0.3, -0.25) is 0 Å². The first-order chi connectivity index (χ1) is 20.1. The molecule has 0 aliphatic carbocycles.